The number of hydrogen-bond acceptors (Lipinski definition) is 3. The van der Waals surface area contributed by atoms with Crippen LogP contribution in [0.3, 0.4) is 0 Å². The molecule has 0 saturated heterocycles. The molecule has 3 nitrogen and oxygen atoms in total. The van der Waals surface area contributed by atoms with Gasteiger partial charge in [0.15, 0.2) is 5.16 Å². The smallest absolute Gasteiger partial charge is 0.166 e. The van der Waals surface area contributed by atoms with Gasteiger partial charge in [-0.05, 0) is 42.3 Å². The van der Waals surface area contributed by atoms with Gasteiger partial charge in [0.05, 0.1) is 22.7 Å². The monoisotopic (exact) mass is 313 g/mol. The summed E-state index contributed by atoms with van der Waals surface area (Å²) in [5.74, 6) is 0.712. The van der Waals surface area contributed by atoms with Gasteiger partial charge in [-0.15, -0.1) is 0 Å². The fourth-order valence-electron chi connectivity index (χ4n) is 2.05. The maximum atomic E-state index is 8.83. The van der Waals surface area contributed by atoms with E-state index in [9.17, 15) is 0 Å². The number of fused-ring (bicyclic) bond motifs is 1. The van der Waals surface area contributed by atoms with Gasteiger partial charge in [-0.2, -0.15) is 5.26 Å². The third-order valence-corrected chi connectivity index (χ3v) is 4.44. The van der Waals surface area contributed by atoms with E-state index in [1.807, 2.05) is 12.1 Å². The second kappa shape index (κ2) is 5.80. The summed E-state index contributed by atoms with van der Waals surface area (Å²) in [6.07, 6.45) is 0. The van der Waals surface area contributed by atoms with Crippen molar-refractivity contribution in [1.29, 1.82) is 5.26 Å². The van der Waals surface area contributed by atoms with Gasteiger partial charge in [-0.1, -0.05) is 35.5 Å². The topological polar surface area (TPSA) is 52.5 Å². The number of nitrogens with one attached hydrogen (secondary N) is 1. The number of thioether (sulfide) groups is 1. The van der Waals surface area contributed by atoms with Crippen molar-refractivity contribution in [3.8, 4) is 6.07 Å². The van der Waals surface area contributed by atoms with E-state index in [0.717, 1.165) is 21.8 Å². The van der Waals surface area contributed by atoms with Crippen LogP contribution in [0.15, 0.2) is 41.6 Å². The van der Waals surface area contributed by atoms with E-state index in [1.54, 1.807) is 23.9 Å². The van der Waals surface area contributed by atoms with Crippen LogP contribution in [-0.4, -0.2) is 9.97 Å². The molecule has 0 amide bonds. The number of aromatic amines is 1. The molecule has 1 N–H and O–H groups in total. The first-order chi connectivity index (χ1) is 10.2. The lowest BCUT2D eigenvalue weighted by Gasteiger charge is -2.02. The number of nitriles is 1. The molecule has 1 aromatic heterocycles. The number of halogens is 1. The first kappa shape index (κ1) is 14.0. The van der Waals surface area contributed by atoms with Crippen molar-refractivity contribution in [2.45, 2.75) is 17.8 Å². The molecule has 0 aliphatic rings. The molecule has 1 heterocycles. The molecule has 0 spiro atoms. The van der Waals surface area contributed by atoms with Crippen molar-refractivity contribution in [2.24, 2.45) is 0 Å². The largest absolute Gasteiger partial charge is 0.333 e. The van der Waals surface area contributed by atoms with Crippen LogP contribution in [0.4, 0.5) is 0 Å². The number of hydrogen-bond donors (Lipinski definition) is 1. The number of benzene rings is 2. The molecule has 0 unspecified atom stereocenters. The van der Waals surface area contributed by atoms with Crippen molar-refractivity contribution in [3.05, 3.63) is 58.1 Å². The van der Waals surface area contributed by atoms with Crippen LogP contribution in [-0.2, 0) is 5.75 Å². The molecule has 3 aromatic rings. The molecule has 5 heteroatoms. The second-order valence-corrected chi connectivity index (χ2v) is 6.14. The van der Waals surface area contributed by atoms with Gasteiger partial charge in [-0.3, -0.25) is 0 Å². The van der Waals surface area contributed by atoms with Crippen molar-refractivity contribution in [1.82, 2.24) is 9.97 Å². The first-order valence-corrected chi connectivity index (χ1v) is 7.80. The molecule has 21 heavy (non-hydrogen) atoms. The highest BCUT2D eigenvalue weighted by Crippen LogP contribution is 2.27. The Balaban J connectivity index is 1.78. The molecule has 0 radical (unpaired) electrons. The summed E-state index contributed by atoms with van der Waals surface area (Å²) in [6.45, 7) is 2.06. The van der Waals surface area contributed by atoms with Crippen LogP contribution in [0.2, 0.25) is 5.02 Å². The highest BCUT2D eigenvalue weighted by molar-refractivity contribution is 7.98. The highest BCUT2D eigenvalue weighted by atomic mass is 35.5. The SMILES string of the molecule is Cc1ccc2nc(SCc3ccc(C#N)cc3Cl)[nH]c2c1. The van der Waals surface area contributed by atoms with Crippen LogP contribution in [0.25, 0.3) is 11.0 Å². The third-order valence-electron chi connectivity index (χ3n) is 3.16. The molecule has 0 bridgehead atoms. The zero-order chi connectivity index (χ0) is 14.8. The van der Waals surface area contributed by atoms with E-state index < -0.39 is 0 Å². The van der Waals surface area contributed by atoms with Crippen molar-refractivity contribution >= 4 is 34.4 Å². The number of nitrogens with zero attached hydrogens (tertiary/aromatic N) is 2. The minimum atomic E-state index is 0.577. The van der Waals surface area contributed by atoms with Crippen LogP contribution in [0.1, 0.15) is 16.7 Å². The Kier molecular flexibility index (Phi) is 3.87. The summed E-state index contributed by atoms with van der Waals surface area (Å²) in [6, 6.07) is 13.6. The van der Waals surface area contributed by atoms with Crippen molar-refractivity contribution < 1.29 is 0 Å². The fraction of sp³-hybridized carbons (Fsp3) is 0.125. The summed E-state index contributed by atoms with van der Waals surface area (Å²) in [7, 11) is 0. The maximum Gasteiger partial charge on any atom is 0.166 e. The van der Waals surface area contributed by atoms with Crippen LogP contribution < -0.4 is 0 Å². The first-order valence-electron chi connectivity index (χ1n) is 6.43. The molecule has 104 valence electrons. The normalized spacial score (nSPS) is 10.7. The molecule has 0 atom stereocenters. The molecule has 0 aliphatic carbocycles. The summed E-state index contributed by atoms with van der Waals surface area (Å²) >= 11 is 7.78. The second-order valence-electron chi connectivity index (χ2n) is 4.77. The van der Waals surface area contributed by atoms with Crippen LogP contribution in [0, 0.1) is 18.3 Å². The molecule has 2 aromatic carbocycles. The number of aromatic nitrogens is 2. The number of aryl methyl sites for hydroxylation is 1. The molecule has 0 saturated carbocycles. The lowest BCUT2D eigenvalue weighted by atomic mass is 10.2. The Morgan fingerprint density at radius 1 is 1.29 bits per heavy atom. The van der Waals surface area contributed by atoms with Crippen LogP contribution >= 0.6 is 23.4 Å². The molecule has 0 fully saturated rings. The van der Waals surface area contributed by atoms with E-state index in [4.69, 9.17) is 16.9 Å². The van der Waals surface area contributed by atoms with Gasteiger partial charge in [0, 0.05) is 10.8 Å². The Morgan fingerprint density at radius 3 is 2.90 bits per heavy atom. The third kappa shape index (κ3) is 3.05. The molecule has 0 aliphatic heterocycles. The van der Waals surface area contributed by atoms with E-state index in [0.29, 0.717) is 16.3 Å². The van der Waals surface area contributed by atoms with Crippen molar-refractivity contribution in [2.75, 3.05) is 0 Å². The van der Waals surface area contributed by atoms with E-state index >= 15 is 0 Å². The summed E-state index contributed by atoms with van der Waals surface area (Å²) < 4.78 is 0. The molecule has 3 rings (SSSR count). The highest BCUT2D eigenvalue weighted by Gasteiger charge is 2.06. The maximum absolute atomic E-state index is 8.83. The summed E-state index contributed by atoms with van der Waals surface area (Å²) in [5.41, 5.74) is 4.79. The van der Waals surface area contributed by atoms with Gasteiger partial charge in [-0.25, -0.2) is 4.98 Å². The zero-order valence-corrected chi connectivity index (χ0v) is 12.9. The zero-order valence-electron chi connectivity index (χ0n) is 11.4. The standard InChI is InChI=1S/C16H12ClN3S/c1-10-2-5-14-15(6-10)20-16(19-14)21-9-12-4-3-11(8-18)7-13(12)17/h2-7H,9H2,1H3,(H,19,20). The van der Waals surface area contributed by atoms with Gasteiger partial charge < -0.3 is 4.98 Å². The predicted molar refractivity (Wildman–Crippen MR) is 86.6 cm³/mol. The lowest BCUT2D eigenvalue weighted by Crippen LogP contribution is -1.85. The minimum absolute atomic E-state index is 0.577. The van der Waals surface area contributed by atoms with Gasteiger partial charge in [0.25, 0.3) is 0 Å². The van der Waals surface area contributed by atoms with E-state index in [2.05, 4.69) is 35.1 Å². The average Bonchev–Trinajstić information content (AvgIpc) is 2.87. The number of rotatable bonds is 3. The summed E-state index contributed by atoms with van der Waals surface area (Å²) in [4.78, 5) is 7.85. The van der Waals surface area contributed by atoms with Crippen LogP contribution in [0.5, 0.6) is 0 Å². The van der Waals surface area contributed by atoms with E-state index in [1.165, 1.54) is 5.56 Å². The Labute approximate surface area is 132 Å². The Hall–Kier alpha value is -1.96. The van der Waals surface area contributed by atoms with E-state index in [-0.39, 0.29) is 0 Å². The average molecular weight is 314 g/mol. The number of imidazole rings is 1. The Bertz CT molecular complexity index is 848. The summed E-state index contributed by atoms with van der Waals surface area (Å²) in [5, 5.41) is 10.3. The van der Waals surface area contributed by atoms with Gasteiger partial charge in [0.1, 0.15) is 0 Å². The lowest BCUT2D eigenvalue weighted by molar-refractivity contribution is 1.08. The van der Waals surface area contributed by atoms with Gasteiger partial charge in [0.2, 0.25) is 0 Å². The van der Waals surface area contributed by atoms with Crippen molar-refractivity contribution in [3.63, 3.8) is 0 Å². The fourth-order valence-corrected chi connectivity index (χ4v) is 3.26. The minimum Gasteiger partial charge on any atom is -0.333 e. The van der Waals surface area contributed by atoms with Gasteiger partial charge >= 0.3 is 0 Å². The predicted octanol–water partition coefficient (Wildman–Crippen LogP) is 4.69. The Morgan fingerprint density at radius 2 is 2.14 bits per heavy atom. The molecular weight excluding hydrogens is 302 g/mol. The molecular formula is C16H12ClN3S. The quantitative estimate of drug-likeness (QED) is 0.714. The number of H-pyrrole nitrogens is 1.